The second-order valence-electron chi connectivity index (χ2n) is 35.4. The number of halogens is 4. The highest BCUT2D eigenvalue weighted by atomic mass is 19.1. The van der Waals surface area contributed by atoms with Crippen molar-refractivity contribution in [3.05, 3.63) is 153 Å². The zero-order chi connectivity index (χ0) is 68.4. The lowest BCUT2D eigenvalue weighted by Gasteiger charge is -2.40. The van der Waals surface area contributed by atoms with E-state index in [9.17, 15) is 10.2 Å². The number of ether oxygens (including phenoxy) is 2. The first-order valence-corrected chi connectivity index (χ1v) is 33.8. The van der Waals surface area contributed by atoms with E-state index >= 15 is 17.6 Å². The number of rotatable bonds is 14. The van der Waals surface area contributed by atoms with Gasteiger partial charge in [0.15, 0.2) is 23.1 Å². The molecule has 0 fully saturated rings. The number of phenolic OH excluding ortho intramolecular Hbond substituents is 2. The predicted molar refractivity (Wildman–Crippen MR) is 379 cm³/mol. The molecule has 0 bridgehead atoms. The quantitative estimate of drug-likeness (QED) is 0.0839. The van der Waals surface area contributed by atoms with Crippen LogP contribution in [0.2, 0.25) is 0 Å². The van der Waals surface area contributed by atoms with Crippen LogP contribution in [0.1, 0.15) is 219 Å². The summed E-state index contributed by atoms with van der Waals surface area (Å²) in [5, 5.41) is 29.1. The molecule has 0 saturated carbocycles. The third-order valence-corrected chi connectivity index (χ3v) is 20.0. The Morgan fingerprint density at radius 2 is 0.968 bits per heavy atom. The van der Waals surface area contributed by atoms with Gasteiger partial charge in [0.05, 0.1) is 36.1 Å². The second-order valence-corrected chi connectivity index (χ2v) is 35.4. The van der Waals surface area contributed by atoms with Crippen molar-refractivity contribution >= 4 is 40.0 Å². The number of allylic oxidation sites excluding steroid dienone is 1. The number of phenols is 2. The summed E-state index contributed by atoms with van der Waals surface area (Å²) >= 11 is 0. The van der Waals surface area contributed by atoms with Crippen LogP contribution in [0, 0.1) is 56.8 Å². The standard InChI is InChI=1S/C83H104F4N2O4/c1-76(2,3)46-82(19,20)52-37-60(72(90)70(40-52)88-67-30-26-49(79(10,11)12)35-58(67)59-36-50(80(13,14)15)27-31-68(59)88)62-42-54(84)44-64(86)74(62)92-32-23-33-93-75-63(43-55(85)45-65(75)87)61-38-53(83(21,22)47-77(4,5)6)41-71(73(61)91)89-66-29-25-48(78(7,8)9)34-57(66)56-28-24-51(39-69(56)89)81(16,17)18/h25-26,28-31,34-38,40-45,50-51,69,90-91H,23-24,27,32-33,39,46-47H2,1-22H3. The van der Waals surface area contributed by atoms with Crippen molar-refractivity contribution in [3.8, 4) is 50.9 Å². The summed E-state index contributed by atoms with van der Waals surface area (Å²) in [6.07, 6.45) is 11.1. The van der Waals surface area contributed by atoms with E-state index in [2.05, 4.69) is 222 Å². The molecule has 7 aromatic rings. The number of nitrogens with zero attached hydrogens (tertiary/aromatic N) is 2. The van der Waals surface area contributed by atoms with Crippen LogP contribution in [-0.4, -0.2) is 34.0 Å². The Morgan fingerprint density at radius 1 is 0.484 bits per heavy atom. The van der Waals surface area contributed by atoms with Gasteiger partial charge >= 0.3 is 0 Å². The zero-order valence-electron chi connectivity index (χ0n) is 59.8. The fourth-order valence-electron chi connectivity index (χ4n) is 15.5. The maximum atomic E-state index is 16.8. The van der Waals surface area contributed by atoms with Crippen molar-refractivity contribution in [2.75, 3.05) is 18.1 Å². The Hall–Kier alpha value is -6.94. The normalized spacial score (nSPS) is 17.4. The first-order valence-electron chi connectivity index (χ1n) is 33.8. The lowest BCUT2D eigenvalue weighted by Crippen LogP contribution is -2.35. The van der Waals surface area contributed by atoms with E-state index in [-0.39, 0.29) is 109 Å². The van der Waals surface area contributed by atoms with Gasteiger partial charge in [-0.2, -0.15) is 0 Å². The smallest absolute Gasteiger partial charge is 0.168 e. The van der Waals surface area contributed by atoms with Gasteiger partial charge in [0.1, 0.15) is 23.1 Å². The molecule has 1 aromatic heterocycles. The summed E-state index contributed by atoms with van der Waals surface area (Å²) in [6, 6.07) is 24.8. The monoisotopic (exact) mass is 1270 g/mol. The van der Waals surface area contributed by atoms with E-state index in [0.717, 1.165) is 88.1 Å². The lowest BCUT2D eigenvalue weighted by molar-refractivity contribution is 0.218. The van der Waals surface area contributed by atoms with Crippen molar-refractivity contribution in [1.82, 2.24) is 4.57 Å². The average molecular weight is 1270 g/mol. The molecule has 6 aromatic carbocycles. The van der Waals surface area contributed by atoms with Gasteiger partial charge in [-0.15, -0.1) is 0 Å². The first kappa shape index (κ1) is 68.9. The third-order valence-electron chi connectivity index (χ3n) is 20.0. The van der Waals surface area contributed by atoms with Gasteiger partial charge in [-0.05, 0) is 176 Å². The molecule has 3 atom stereocenters. The van der Waals surface area contributed by atoms with Gasteiger partial charge in [0, 0.05) is 68.0 Å². The second kappa shape index (κ2) is 24.1. The molecule has 2 N–H and O–H groups in total. The van der Waals surface area contributed by atoms with E-state index in [4.69, 9.17) is 9.47 Å². The molecule has 3 unspecified atom stereocenters. The van der Waals surface area contributed by atoms with Gasteiger partial charge < -0.3 is 29.2 Å². The molecule has 2 aliphatic carbocycles. The van der Waals surface area contributed by atoms with E-state index < -0.39 is 34.1 Å². The number of hydrogen-bond acceptors (Lipinski definition) is 5. The number of aromatic nitrogens is 1. The van der Waals surface area contributed by atoms with Crippen LogP contribution < -0.4 is 24.9 Å². The highest BCUT2D eigenvalue weighted by Gasteiger charge is 2.44. The lowest BCUT2D eigenvalue weighted by atomic mass is 9.71. The Morgan fingerprint density at radius 3 is 1.46 bits per heavy atom. The summed E-state index contributed by atoms with van der Waals surface area (Å²) in [5.41, 5.74) is 8.37. The van der Waals surface area contributed by atoms with Crippen molar-refractivity contribution in [3.63, 3.8) is 0 Å². The fourth-order valence-corrected chi connectivity index (χ4v) is 15.5. The Bertz CT molecular complexity index is 4210. The number of anilines is 2. The number of fused-ring (bicyclic) bond motifs is 6. The van der Waals surface area contributed by atoms with Crippen molar-refractivity contribution < 1.29 is 37.2 Å². The van der Waals surface area contributed by atoms with Gasteiger partial charge in [-0.25, -0.2) is 17.6 Å². The topological polar surface area (TPSA) is 67.1 Å². The molecule has 93 heavy (non-hydrogen) atoms. The molecule has 1 aliphatic heterocycles. The molecule has 2 heterocycles. The number of aromatic hydroxyl groups is 2. The molecule has 0 amide bonds. The summed E-state index contributed by atoms with van der Waals surface area (Å²) in [6.45, 7) is 48.3. The highest BCUT2D eigenvalue weighted by molar-refractivity contribution is 5.96. The number of benzene rings is 6. The molecule has 0 spiro atoms. The van der Waals surface area contributed by atoms with Crippen LogP contribution in [0.15, 0.2) is 91.0 Å². The molecule has 6 nitrogen and oxygen atoms in total. The van der Waals surface area contributed by atoms with Gasteiger partial charge in [-0.1, -0.05) is 183 Å². The predicted octanol–water partition coefficient (Wildman–Crippen LogP) is 21.8. The van der Waals surface area contributed by atoms with E-state index in [0.29, 0.717) is 17.3 Å². The van der Waals surface area contributed by atoms with Gasteiger partial charge in [-0.3, -0.25) is 0 Å². The molecule has 498 valence electrons. The minimum absolute atomic E-state index is 0.00227. The van der Waals surface area contributed by atoms with Crippen LogP contribution >= 0.6 is 0 Å². The van der Waals surface area contributed by atoms with E-state index in [1.807, 2.05) is 18.2 Å². The Kier molecular flexibility index (Phi) is 17.8. The molecule has 0 radical (unpaired) electrons. The van der Waals surface area contributed by atoms with Crippen molar-refractivity contribution in [1.29, 1.82) is 0 Å². The molecule has 0 saturated heterocycles. The van der Waals surface area contributed by atoms with Crippen LogP contribution in [0.25, 0.3) is 56.6 Å². The van der Waals surface area contributed by atoms with Crippen LogP contribution in [-0.2, 0) is 21.7 Å². The van der Waals surface area contributed by atoms with Crippen LogP contribution in [0.4, 0.5) is 28.9 Å². The van der Waals surface area contributed by atoms with Gasteiger partial charge in [0.2, 0.25) is 0 Å². The van der Waals surface area contributed by atoms with E-state index in [1.165, 1.54) is 28.8 Å². The summed E-state index contributed by atoms with van der Waals surface area (Å²) < 4.78 is 80.4. The maximum absolute atomic E-state index is 16.8. The summed E-state index contributed by atoms with van der Waals surface area (Å²) in [7, 11) is 0. The average Bonchev–Trinajstić information content (AvgIpc) is 1.62. The molecular weight excluding hydrogens is 1160 g/mol. The largest absolute Gasteiger partial charge is 0.505 e. The van der Waals surface area contributed by atoms with E-state index in [1.54, 1.807) is 0 Å². The molecule has 10 rings (SSSR count). The third kappa shape index (κ3) is 14.0. The summed E-state index contributed by atoms with van der Waals surface area (Å²) in [5.74, 6) is -3.85. The Labute approximate surface area is 552 Å². The fraction of sp³-hybridized carbons (Fsp3) is 0.494. The molecular formula is C83H104F4N2O4. The van der Waals surface area contributed by atoms with Crippen LogP contribution in [0.3, 0.4) is 0 Å². The first-order chi connectivity index (χ1) is 42.8. The number of hydrogen-bond donors (Lipinski definition) is 2. The zero-order valence-corrected chi connectivity index (χ0v) is 59.8. The van der Waals surface area contributed by atoms with Crippen LogP contribution in [0.5, 0.6) is 23.0 Å². The maximum Gasteiger partial charge on any atom is 0.168 e. The molecule has 3 aliphatic rings. The minimum atomic E-state index is -0.965. The SMILES string of the molecule is CC(C)(C)CC(C)(C)c1cc(-c2cc(F)cc(F)c2OCCCOc2c(F)cc(F)cc2-c2cc(C(C)(C)CC(C)(C)C)cc(-n3c4c(c5cc(C(C)(C)C)ccc53)=CC(C(C)(C)C)CC=4)c2O)c(O)c(N2c3ccc(C(C)(C)C)cc3C3=CCC(C(C)(C)C)CC32)c1. The van der Waals surface area contributed by atoms with Crippen molar-refractivity contribution in [2.45, 2.75) is 219 Å². The minimum Gasteiger partial charge on any atom is -0.505 e. The Balaban J connectivity index is 1.04. The van der Waals surface area contributed by atoms with Gasteiger partial charge in [0.25, 0.3) is 0 Å². The highest BCUT2D eigenvalue weighted by Crippen LogP contribution is 2.57. The summed E-state index contributed by atoms with van der Waals surface area (Å²) in [4.78, 5) is 2.26. The van der Waals surface area contributed by atoms with Crippen molar-refractivity contribution in [2.24, 2.45) is 33.5 Å². The molecule has 10 heteroatoms.